The number of hydrogen-bond donors (Lipinski definition) is 1. The Morgan fingerprint density at radius 2 is 2.00 bits per heavy atom. The van der Waals surface area contributed by atoms with Crippen LogP contribution in [-0.2, 0) is 4.79 Å². The van der Waals surface area contributed by atoms with Crippen molar-refractivity contribution in [3.8, 4) is 5.75 Å². The van der Waals surface area contributed by atoms with E-state index in [4.69, 9.17) is 4.74 Å². The Hall–Kier alpha value is -1.51. The minimum atomic E-state index is 0.0922. The molecule has 0 fully saturated rings. The van der Waals surface area contributed by atoms with Crippen LogP contribution in [0.25, 0.3) is 0 Å². The standard InChI is InChI=1S/C16H25NO2/c1-12(2)10-16(18)17-8-9-19-15-7-5-6-14(11-15)13(3)4/h5-7,11-13H,8-10H2,1-4H3,(H,17,18). The second-order valence-corrected chi connectivity index (χ2v) is 5.52. The lowest BCUT2D eigenvalue weighted by molar-refractivity contribution is -0.121. The summed E-state index contributed by atoms with van der Waals surface area (Å²) < 4.78 is 5.64. The second kappa shape index (κ2) is 7.82. The fraction of sp³-hybridized carbons (Fsp3) is 0.562. The molecule has 3 nitrogen and oxygen atoms in total. The molecular weight excluding hydrogens is 238 g/mol. The molecule has 3 heteroatoms. The minimum Gasteiger partial charge on any atom is -0.492 e. The summed E-state index contributed by atoms with van der Waals surface area (Å²) >= 11 is 0. The summed E-state index contributed by atoms with van der Waals surface area (Å²) in [7, 11) is 0. The van der Waals surface area contributed by atoms with Gasteiger partial charge in [0.1, 0.15) is 12.4 Å². The quantitative estimate of drug-likeness (QED) is 0.766. The number of nitrogens with one attached hydrogen (secondary N) is 1. The zero-order chi connectivity index (χ0) is 14.3. The average Bonchev–Trinajstić information content (AvgIpc) is 2.34. The topological polar surface area (TPSA) is 38.3 Å². The molecule has 19 heavy (non-hydrogen) atoms. The number of ether oxygens (including phenoxy) is 1. The fourth-order valence-corrected chi connectivity index (χ4v) is 1.77. The number of rotatable bonds is 7. The van der Waals surface area contributed by atoms with Crippen molar-refractivity contribution in [2.24, 2.45) is 5.92 Å². The summed E-state index contributed by atoms with van der Waals surface area (Å²) in [6.07, 6.45) is 0.572. The largest absolute Gasteiger partial charge is 0.492 e. The Kier molecular flexibility index (Phi) is 6.40. The third-order valence-corrected chi connectivity index (χ3v) is 2.81. The highest BCUT2D eigenvalue weighted by atomic mass is 16.5. The van der Waals surface area contributed by atoms with Gasteiger partial charge < -0.3 is 10.1 Å². The monoisotopic (exact) mass is 263 g/mol. The summed E-state index contributed by atoms with van der Waals surface area (Å²) in [5.74, 6) is 1.84. The molecule has 0 bridgehead atoms. The summed E-state index contributed by atoms with van der Waals surface area (Å²) in [6, 6.07) is 8.10. The van der Waals surface area contributed by atoms with Gasteiger partial charge in [-0.2, -0.15) is 0 Å². The number of carbonyl (C=O) groups excluding carboxylic acids is 1. The average molecular weight is 263 g/mol. The predicted molar refractivity (Wildman–Crippen MR) is 78.5 cm³/mol. The van der Waals surface area contributed by atoms with Crippen LogP contribution in [0.15, 0.2) is 24.3 Å². The summed E-state index contributed by atoms with van der Waals surface area (Å²) in [6.45, 7) is 9.44. The maximum Gasteiger partial charge on any atom is 0.220 e. The van der Waals surface area contributed by atoms with E-state index in [0.717, 1.165) is 5.75 Å². The van der Waals surface area contributed by atoms with Crippen molar-refractivity contribution in [2.45, 2.75) is 40.0 Å². The van der Waals surface area contributed by atoms with E-state index in [1.54, 1.807) is 0 Å². The Morgan fingerprint density at radius 3 is 2.63 bits per heavy atom. The third kappa shape index (κ3) is 6.27. The molecule has 0 aliphatic carbocycles. The van der Waals surface area contributed by atoms with E-state index in [1.807, 2.05) is 26.0 Å². The molecule has 1 amide bonds. The summed E-state index contributed by atoms with van der Waals surface area (Å²) in [5.41, 5.74) is 1.27. The summed E-state index contributed by atoms with van der Waals surface area (Å²) in [4.78, 5) is 11.4. The molecule has 1 aromatic rings. The van der Waals surface area contributed by atoms with E-state index >= 15 is 0 Å². The van der Waals surface area contributed by atoms with Crippen molar-refractivity contribution in [1.29, 1.82) is 0 Å². The Balaban J connectivity index is 2.29. The number of carbonyl (C=O) groups is 1. The van der Waals surface area contributed by atoms with Crippen LogP contribution in [0.5, 0.6) is 5.75 Å². The van der Waals surface area contributed by atoms with E-state index in [1.165, 1.54) is 5.56 Å². The van der Waals surface area contributed by atoms with Crippen molar-refractivity contribution in [1.82, 2.24) is 5.32 Å². The summed E-state index contributed by atoms with van der Waals surface area (Å²) in [5, 5.41) is 2.86. The lowest BCUT2D eigenvalue weighted by Gasteiger charge is -2.11. The molecule has 0 spiro atoms. The molecule has 106 valence electrons. The number of hydrogen-bond acceptors (Lipinski definition) is 2. The van der Waals surface area contributed by atoms with Gasteiger partial charge in [0.25, 0.3) is 0 Å². The van der Waals surface area contributed by atoms with Crippen molar-refractivity contribution in [3.05, 3.63) is 29.8 Å². The minimum absolute atomic E-state index is 0.0922. The lowest BCUT2D eigenvalue weighted by Crippen LogP contribution is -2.28. The highest BCUT2D eigenvalue weighted by Gasteiger charge is 2.04. The zero-order valence-corrected chi connectivity index (χ0v) is 12.4. The van der Waals surface area contributed by atoms with E-state index in [9.17, 15) is 4.79 Å². The highest BCUT2D eigenvalue weighted by Crippen LogP contribution is 2.19. The Morgan fingerprint density at radius 1 is 1.26 bits per heavy atom. The van der Waals surface area contributed by atoms with Crippen LogP contribution < -0.4 is 10.1 Å². The van der Waals surface area contributed by atoms with Crippen LogP contribution >= 0.6 is 0 Å². The molecule has 0 atom stereocenters. The van der Waals surface area contributed by atoms with Crippen LogP contribution in [-0.4, -0.2) is 19.1 Å². The molecular formula is C16H25NO2. The van der Waals surface area contributed by atoms with Crippen LogP contribution in [0, 0.1) is 5.92 Å². The molecule has 0 unspecified atom stereocenters. The van der Waals surface area contributed by atoms with Gasteiger partial charge in [0.2, 0.25) is 5.91 Å². The van der Waals surface area contributed by atoms with E-state index in [2.05, 4.69) is 31.3 Å². The van der Waals surface area contributed by atoms with Crippen molar-refractivity contribution in [3.63, 3.8) is 0 Å². The normalized spacial score (nSPS) is 10.8. The van der Waals surface area contributed by atoms with Gasteiger partial charge in [-0.1, -0.05) is 39.8 Å². The molecule has 1 N–H and O–H groups in total. The zero-order valence-electron chi connectivity index (χ0n) is 12.4. The molecule has 0 radical (unpaired) electrons. The predicted octanol–water partition coefficient (Wildman–Crippen LogP) is 3.35. The smallest absolute Gasteiger partial charge is 0.220 e. The molecule has 0 aromatic heterocycles. The van der Waals surface area contributed by atoms with Gasteiger partial charge in [-0.25, -0.2) is 0 Å². The molecule has 1 aromatic carbocycles. The van der Waals surface area contributed by atoms with Crippen molar-refractivity contribution < 1.29 is 9.53 Å². The van der Waals surface area contributed by atoms with Crippen LogP contribution in [0.3, 0.4) is 0 Å². The van der Waals surface area contributed by atoms with E-state index in [0.29, 0.717) is 31.4 Å². The van der Waals surface area contributed by atoms with E-state index in [-0.39, 0.29) is 5.91 Å². The first kappa shape index (κ1) is 15.5. The van der Waals surface area contributed by atoms with Gasteiger partial charge in [0.15, 0.2) is 0 Å². The van der Waals surface area contributed by atoms with E-state index < -0.39 is 0 Å². The number of benzene rings is 1. The first-order valence-corrected chi connectivity index (χ1v) is 6.98. The first-order chi connectivity index (χ1) is 8.99. The van der Waals surface area contributed by atoms with Crippen LogP contribution in [0.1, 0.15) is 45.6 Å². The van der Waals surface area contributed by atoms with Gasteiger partial charge in [0, 0.05) is 6.42 Å². The fourth-order valence-electron chi connectivity index (χ4n) is 1.77. The van der Waals surface area contributed by atoms with Gasteiger partial charge >= 0.3 is 0 Å². The Labute approximate surface area is 116 Å². The molecule has 1 rings (SSSR count). The first-order valence-electron chi connectivity index (χ1n) is 6.98. The van der Waals surface area contributed by atoms with Gasteiger partial charge in [-0.15, -0.1) is 0 Å². The van der Waals surface area contributed by atoms with Crippen molar-refractivity contribution in [2.75, 3.05) is 13.2 Å². The lowest BCUT2D eigenvalue weighted by atomic mass is 10.0. The SMILES string of the molecule is CC(C)CC(=O)NCCOc1cccc(C(C)C)c1. The van der Waals surface area contributed by atoms with Crippen LogP contribution in [0.2, 0.25) is 0 Å². The third-order valence-electron chi connectivity index (χ3n) is 2.81. The molecule has 0 heterocycles. The Bertz CT molecular complexity index is 399. The molecule has 0 saturated heterocycles. The highest BCUT2D eigenvalue weighted by molar-refractivity contribution is 5.75. The second-order valence-electron chi connectivity index (χ2n) is 5.52. The van der Waals surface area contributed by atoms with Crippen LogP contribution in [0.4, 0.5) is 0 Å². The van der Waals surface area contributed by atoms with Gasteiger partial charge in [-0.05, 0) is 29.5 Å². The molecule has 0 saturated carbocycles. The van der Waals surface area contributed by atoms with Gasteiger partial charge in [0.05, 0.1) is 6.54 Å². The maximum absolute atomic E-state index is 11.4. The molecule has 0 aliphatic rings. The van der Waals surface area contributed by atoms with Crippen molar-refractivity contribution >= 4 is 5.91 Å². The maximum atomic E-state index is 11.4. The number of amides is 1. The molecule has 0 aliphatic heterocycles. The van der Waals surface area contributed by atoms with Gasteiger partial charge in [-0.3, -0.25) is 4.79 Å².